The molecule has 2 aliphatic heterocycles. The van der Waals surface area contributed by atoms with Crippen molar-refractivity contribution < 1.29 is 9.59 Å². The van der Waals surface area contributed by atoms with E-state index in [4.69, 9.17) is 0 Å². The topological polar surface area (TPSA) is 52.7 Å². The molecule has 1 aromatic carbocycles. The molecular formula is C23H33N3O2. The van der Waals surface area contributed by atoms with Gasteiger partial charge in [0.1, 0.15) is 5.54 Å². The lowest BCUT2D eigenvalue weighted by Crippen LogP contribution is -2.59. The van der Waals surface area contributed by atoms with Crippen molar-refractivity contribution in [1.29, 1.82) is 0 Å². The monoisotopic (exact) mass is 383 g/mol. The summed E-state index contributed by atoms with van der Waals surface area (Å²) < 4.78 is 0. The van der Waals surface area contributed by atoms with Crippen LogP contribution in [0.1, 0.15) is 67.3 Å². The summed E-state index contributed by atoms with van der Waals surface area (Å²) in [4.78, 5) is 30.3. The number of aryl methyl sites for hydroxylation is 1. The molecule has 2 saturated heterocycles. The van der Waals surface area contributed by atoms with Crippen LogP contribution in [0.3, 0.4) is 0 Å². The molecule has 0 spiro atoms. The molecule has 0 unspecified atom stereocenters. The van der Waals surface area contributed by atoms with Crippen molar-refractivity contribution in [3.63, 3.8) is 0 Å². The Balaban J connectivity index is 1.33. The minimum absolute atomic E-state index is 0.106. The first-order chi connectivity index (χ1) is 13.6. The van der Waals surface area contributed by atoms with Gasteiger partial charge >= 0.3 is 0 Å². The zero-order valence-corrected chi connectivity index (χ0v) is 17.1. The number of likely N-dealkylation sites (tertiary alicyclic amines) is 2. The van der Waals surface area contributed by atoms with Crippen molar-refractivity contribution in [3.05, 3.63) is 35.4 Å². The smallest absolute Gasteiger partial charge is 0.253 e. The van der Waals surface area contributed by atoms with Crippen molar-refractivity contribution in [1.82, 2.24) is 15.1 Å². The lowest BCUT2D eigenvalue weighted by atomic mass is 9.92. The molecule has 1 saturated carbocycles. The molecule has 0 bridgehead atoms. The van der Waals surface area contributed by atoms with Crippen LogP contribution >= 0.6 is 0 Å². The number of rotatable bonds is 4. The van der Waals surface area contributed by atoms with Gasteiger partial charge in [-0.25, -0.2) is 0 Å². The summed E-state index contributed by atoms with van der Waals surface area (Å²) in [6, 6.07) is 7.98. The summed E-state index contributed by atoms with van der Waals surface area (Å²) in [6.07, 6.45) is 8.45. The normalized spacial score (nSPS) is 23.1. The third-order valence-electron chi connectivity index (χ3n) is 6.98. The number of nitrogens with zero attached hydrogens (tertiary/aromatic N) is 2. The van der Waals surface area contributed by atoms with E-state index in [1.54, 1.807) is 0 Å². The SMILES string of the molecule is Cc1ccc(C(=O)N2CCC(NC(=O)C3(N4CCCC4)CCCC3)CC2)cc1. The zero-order valence-electron chi connectivity index (χ0n) is 17.1. The lowest BCUT2D eigenvalue weighted by molar-refractivity contribution is -0.133. The molecule has 152 valence electrons. The second-order valence-electron chi connectivity index (χ2n) is 8.84. The molecular weight excluding hydrogens is 350 g/mol. The maximum atomic E-state index is 13.3. The average molecular weight is 384 g/mol. The maximum Gasteiger partial charge on any atom is 0.253 e. The molecule has 5 heteroatoms. The van der Waals surface area contributed by atoms with Crippen molar-refractivity contribution in [2.24, 2.45) is 0 Å². The van der Waals surface area contributed by atoms with E-state index in [2.05, 4.69) is 10.2 Å². The molecule has 5 nitrogen and oxygen atoms in total. The van der Waals surface area contributed by atoms with Crippen LogP contribution in [0.2, 0.25) is 0 Å². The Bertz CT molecular complexity index is 695. The summed E-state index contributed by atoms with van der Waals surface area (Å²) in [5.74, 6) is 0.351. The molecule has 1 N–H and O–H groups in total. The first kappa shape index (κ1) is 19.4. The zero-order chi connectivity index (χ0) is 19.6. The number of carbonyl (C=O) groups is 2. The number of benzene rings is 1. The van der Waals surface area contributed by atoms with Gasteiger partial charge in [0.05, 0.1) is 0 Å². The fourth-order valence-corrected chi connectivity index (χ4v) is 5.22. The van der Waals surface area contributed by atoms with Crippen molar-refractivity contribution in [2.75, 3.05) is 26.2 Å². The van der Waals surface area contributed by atoms with Crippen LogP contribution in [0.5, 0.6) is 0 Å². The van der Waals surface area contributed by atoms with E-state index in [0.29, 0.717) is 13.1 Å². The first-order valence-electron chi connectivity index (χ1n) is 11.0. The predicted octanol–water partition coefficient (Wildman–Crippen LogP) is 3.12. The Morgan fingerprint density at radius 2 is 1.54 bits per heavy atom. The molecule has 2 amide bonds. The van der Waals surface area contributed by atoms with Crippen LogP contribution in [0.4, 0.5) is 0 Å². The largest absolute Gasteiger partial charge is 0.352 e. The van der Waals surface area contributed by atoms with Crippen molar-refractivity contribution in [2.45, 2.75) is 69.9 Å². The second kappa shape index (κ2) is 8.24. The number of hydrogen-bond acceptors (Lipinski definition) is 3. The summed E-state index contributed by atoms with van der Waals surface area (Å²) >= 11 is 0. The molecule has 0 radical (unpaired) electrons. The Labute approximate surface area is 168 Å². The van der Waals surface area contributed by atoms with Gasteiger partial charge in [-0.2, -0.15) is 0 Å². The van der Waals surface area contributed by atoms with Gasteiger partial charge in [-0.05, 0) is 70.7 Å². The Hall–Kier alpha value is -1.88. The third-order valence-corrected chi connectivity index (χ3v) is 6.98. The van der Waals surface area contributed by atoms with Gasteiger partial charge in [-0.1, -0.05) is 30.5 Å². The van der Waals surface area contributed by atoms with Gasteiger partial charge in [0.2, 0.25) is 5.91 Å². The van der Waals surface area contributed by atoms with E-state index in [0.717, 1.165) is 62.7 Å². The van der Waals surface area contributed by atoms with Crippen LogP contribution in [0, 0.1) is 6.92 Å². The quantitative estimate of drug-likeness (QED) is 0.869. The molecule has 2 heterocycles. The Morgan fingerprint density at radius 3 is 2.14 bits per heavy atom. The van der Waals surface area contributed by atoms with Crippen LogP contribution in [-0.2, 0) is 4.79 Å². The highest BCUT2D eigenvalue weighted by atomic mass is 16.2. The molecule has 0 aromatic heterocycles. The summed E-state index contributed by atoms with van der Waals surface area (Å²) in [5.41, 5.74) is 1.66. The number of carbonyl (C=O) groups excluding carboxylic acids is 2. The molecule has 3 aliphatic rings. The molecule has 1 aliphatic carbocycles. The van der Waals surface area contributed by atoms with Crippen molar-refractivity contribution in [3.8, 4) is 0 Å². The van der Waals surface area contributed by atoms with Gasteiger partial charge in [0.25, 0.3) is 5.91 Å². The number of hydrogen-bond donors (Lipinski definition) is 1. The average Bonchev–Trinajstić information content (AvgIpc) is 3.41. The molecule has 28 heavy (non-hydrogen) atoms. The van der Waals surface area contributed by atoms with Crippen molar-refractivity contribution >= 4 is 11.8 Å². The fourth-order valence-electron chi connectivity index (χ4n) is 5.22. The minimum atomic E-state index is -0.259. The predicted molar refractivity (Wildman–Crippen MR) is 110 cm³/mol. The van der Waals surface area contributed by atoms with Gasteiger partial charge in [-0.3, -0.25) is 14.5 Å². The molecule has 3 fully saturated rings. The number of piperidine rings is 1. The van der Waals surface area contributed by atoms with E-state index >= 15 is 0 Å². The molecule has 1 aromatic rings. The van der Waals surface area contributed by atoms with Gasteiger partial charge in [0, 0.05) is 24.7 Å². The highest BCUT2D eigenvalue weighted by Crippen LogP contribution is 2.38. The maximum absolute atomic E-state index is 13.3. The third kappa shape index (κ3) is 3.82. The van der Waals surface area contributed by atoms with Gasteiger partial charge < -0.3 is 10.2 Å². The van der Waals surface area contributed by atoms with Gasteiger partial charge in [0.15, 0.2) is 0 Å². The highest BCUT2D eigenvalue weighted by molar-refractivity contribution is 5.94. The summed E-state index contributed by atoms with van der Waals surface area (Å²) in [5, 5.41) is 3.37. The van der Waals surface area contributed by atoms with E-state index < -0.39 is 0 Å². The molecule has 4 rings (SSSR count). The fraction of sp³-hybridized carbons (Fsp3) is 0.652. The Morgan fingerprint density at radius 1 is 0.929 bits per heavy atom. The van der Waals surface area contributed by atoms with Crippen LogP contribution in [-0.4, -0.2) is 59.4 Å². The second-order valence-corrected chi connectivity index (χ2v) is 8.84. The lowest BCUT2D eigenvalue weighted by Gasteiger charge is -2.40. The van der Waals surface area contributed by atoms with E-state index in [1.807, 2.05) is 36.1 Å². The highest BCUT2D eigenvalue weighted by Gasteiger charge is 2.47. The van der Waals surface area contributed by atoms with Gasteiger partial charge in [-0.15, -0.1) is 0 Å². The summed E-state index contributed by atoms with van der Waals surface area (Å²) in [6.45, 7) is 5.60. The van der Waals surface area contributed by atoms with Crippen LogP contribution < -0.4 is 5.32 Å². The van der Waals surface area contributed by atoms with Crippen LogP contribution in [0.25, 0.3) is 0 Å². The van der Waals surface area contributed by atoms with Crippen LogP contribution in [0.15, 0.2) is 24.3 Å². The summed E-state index contributed by atoms with van der Waals surface area (Å²) in [7, 11) is 0. The number of amides is 2. The Kier molecular flexibility index (Phi) is 5.72. The molecule has 0 atom stereocenters. The van der Waals surface area contributed by atoms with E-state index in [9.17, 15) is 9.59 Å². The minimum Gasteiger partial charge on any atom is -0.352 e. The first-order valence-corrected chi connectivity index (χ1v) is 11.0. The standard InChI is InChI=1S/C23H33N3O2/c1-18-6-8-19(9-7-18)21(27)25-16-10-20(11-17-25)24-22(28)23(12-2-3-13-23)26-14-4-5-15-26/h6-9,20H,2-5,10-17H2,1H3,(H,24,28). The van der Waals surface area contributed by atoms with E-state index in [1.165, 1.54) is 12.8 Å². The van der Waals surface area contributed by atoms with E-state index in [-0.39, 0.29) is 23.4 Å². The number of nitrogens with one attached hydrogen (secondary N) is 1.